The molecular formula is C23H25F2NO4. The van der Waals surface area contributed by atoms with Crippen molar-refractivity contribution in [3.05, 3.63) is 60.2 Å². The largest absolute Gasteiger partial charge is 0.586 e. The number of alkyl halides is 2. The van der Waals surface area contributed by atoms with E-state index in [-0.39, 0.29) is 29.6 Å². The number of nitrogens with one attached hydrogen (secondary N) is 1. The normalized spacial score (nSPS) is 26.4. The average Bonchev–Trinajstić information content (AvgIpc) is 3.46. The van der Waals surface area contributed by atoms with Crippen LogP contribution in [0.15, 0.2) is 54.7 Å². The Bertz CT molecular complexity index is 904. The van der Waals surface area contributed by atoms with Gasteiger partial charge < -0.3 is 19.5 Å². The molecule has 1 aromatic rings. The molecule has 1 N–H and O–H groups in total. The van der Waals surface area contributed by atoms with Crippen LogP contribution in [0.5, 0.6) is 11.5 Å². The van der Waals surface area contributed by atoms with Gasteiger partial charge in [-0.25, -0.2) is 0 Å². The summed E-state index contributed by atoms with van der Waals surface area (Å²) in [5.41, 5.74) is 1.02. The molecule has 0 unspecified atom stereocenters. The van der Waals surface area contributed by atoms with Crippen molar-refractivity contribution < 1.29 is 27.8 Å². The van der Waals surface area contributed by atoms with Crippen molar-refractivity contribution in [2.24, 2.45) is 0 Å². The molecule has 2 fully saturated rings. The van der Waals surface area contributed by atoms with Gasteiger partial charge in [0.15, 0.2) is 11.5 Å². The number of carbonyl (C=O) groups is 1. The van der Waals surface area contributed by atoms with E-state index in [0.29, 0.717) is 31.4 Å². The van der Waals surface area contributed by atoms with E-state index < -0.39 is 11.7 Å². The molecule has 1 saturated carbocycles. The van der Waals surface area contributed by atoms with Crippen molar-refractivity contribution in [3.8, 4) is 11.5 Å². The lowest BCUT2D eigenvalue weighted by Crippen LogP contribution is -2.46. The number of hydrogen-bond donors (Lipinski definition) is 1. The molecule has 0 aromatic heterocycles. The number of benzene rings is 1. The van der Waals surface area contributed by atoms with Crippen LogP contribution in [0, 0.1) is 0 Å². The van der Waals surface area contributed by atoms with E-state index >= 15 is 0 Å². The van der Waals surface area contributed by atoms with Gasteiger partial charge in [0.1, 0.15) is 0 Å². The molecule has 2 aliphatic heterocycles. The van der Waals surface area contributed by atoms with Crippen LogP contribution >= 0.6 is 0 Å². The van der Waals surface area contributed by atoms with E-state index in [9.17, 15) is 13.6 Å². The number of ether oxygens (including phenoxy) is 3. The summed E-state index contributed by atoms with van der Waals surface area (Å²) in [4.78, 5) is 13.1. The summed E-state index contributed by atoms with van der Waals surface area (Å²) in [7, 11) is 0. The molecule has 1 aromatic carbocycles. The standard InChI is InChI=1S/C23H25F2NO4/c1-3-5-6-15(4-2)19-14-17(9-12-28-19)26-21(27)22(10-11-22)16-7-8-18-20(13-16)30-23(24,25)29-18/h3-8,13,17,19H,1,9-12,14H2,2H3,(H,26,27)/b6-5-,15-4+/t17-,19-/m0/s1. The molecule has 0 radical (unpaired) electrons. The first-order valence-corrected chi connectivity index (χ1v) is 10.1. The van der Waals surface area contributed by atoms with Gasteiger partial charge in [0.05, 0.1) is 11.5 Å². The molecule has 30 heavy (non-hydrogen) atoms. The second kappa shape index (κ2) is 7.87. The van der Waals surface area contributed by atoms with Gasteiger partial charge in [-0.2, -0.15) is 0 Å². The second-order valence-corrected chi connectivity index (χ2v) is 7.85. The van der Waals surface area contributed by atoms with Crippen molar-refractivity contribution in [3.63, 3.8) is 0 Å². The van der Waals surface area contributed by atoms with Crippen LogP contribution in [-0.2, 0) is 14.9 Å². The Labute approximate surface area is 174 Å². The molecule has 2 heterocycles. The maximum absolute atomic E-state index is 13.3. The monoisotopic (exact) mass is 417 g/mol. The quantitative estimate of drug-likeness (QED) is 0.698. The molecule has 1 aliphatic carbocycles. The fourth-order valence-electron chi connectivity index (χ4n) is 4.07. The van der Waals surface area contributed by atoms with Gasteiger partial charge in [-0.15, -0.1) is 8.78 Å². The van der Waals surface area contributed by atoms with Crippen molar-refractivity contribution in [1.82, 2.24) is 5.32 Å². The van der Waals surface area contributed by atoms with Crippen LogP contribution in [0.2, 0.25) is 0 Å². The van der Waals surface area contributed by atoms with E-state index in [0.717, 1.165) is 12.0 Å². The minimum absolute atomic E-state index is 0.0147. The van der Waals surface area contributed by atoms with Crippen LogP contribution < -0.4 is 14.8 Å². The Morgan fingerprint density at radius 2 is 2.03 bits per heavy atom. The maximum Gasteiger partial charge on any atom is 0.586 e. The van der Waals surface area contributed by atoms with Gasteiger partial charge in [0, 0.05) is 12.6 Å². The molecule has 3 aliphatic rings. The van der Waals surface area contributed by atoms with Gasteiger partial charge in [0.2, 0.25) is 5.91 Å². The van der Waals surface area contributed by atoms with Gasteiger partial charge >= 0.3 is 6.29 Å². The van der Waals surface area contributed by atoms with Crippen LogP contribution in [0.4, 0.5) is 8.78 Å². The van der Waals surface area contributed by atoms with E-state index in [4.69, 9.17) is 4.74 Å². The Morgan fingerprint density at radius 1 is 1.27 bits per heavy atom. The Balaban J connectivity index is 1.44. The molecule has 4 rings (SSSR count). The average molecular weight is 417 g/mol. The SMILES string of the molecule is C=C/C=C\C(=C/C)[C@@H]1C[C@@H](NC(=O)C2(c3ccc4c(c3)OC(F)(F)O4)CC2)CCO1. The highest BCUT2D eigenvalue weighted by Crippen LogP contribution is 2.52. The summed E-state index contributed by atoms with van der Waals surface area (Å²) in [6, 6.07) is 4.58. The van der Waals surface area contributed by atoms with Crippen molar-refractivity contribution in [2.45, 2.75) is 56.5 Å². The lowest BCUT2D eigenvalue weighted by atomic mass is 9.92. The third-order valence-electron chi connectivity index (χ3n) is 5.89. The van der Waals surface area contributed by atoms with E-state index in [2.05, 4.69) is 21.4 Å². The number of rotatable bonds is 6. The number of carbonyl (C=O) groups excluding carboxylic acids is 1. The van der Waals surface area contributed by atoms with Crippen LogP contribution in [0.25, 0.3) is 0 Å². The first-order chi connectivity index (χ1) is 14.4. The summed E-state index contributed by atoms with van der Waals surface area (Å²) in [6.45, 7) is 6.20. The van der Waals surface area contributed by atoms with Crippen LogP contribution in [0.3, 0.4) is 0 Å². The molecular weight excluding hydrogens is 392 g/mol. The fraction of sp³-hybridized carbons (Fsp3) is 0.435. The molecule has 7 heteroatoms. The van der Waals surface area contributed by atoms with E-state index in [1.165, 1.54) is 12.1 Å². The predicted octanol–water partition coefficient (Wildman–Crippen LogP) is 4.39. The summed E-state index contributed by atoms with van der Waals surface area (Å²) >= 11 is 0. The Hall–Kier alpha value is -2.67. The lowest BCUT2D eigenvalue weighted by molar-refractivity contribution is -0.286. The van der Waals surface area contributed by atoms with Crippen LogP contribution in [0.1, 0.15) is 38.2 Å². The summed E-state index contributed by atoms with van der Waals surface area (Å²) in [5, 5.41) is 3.16. The molecule has 0 spiro atoms. The van der Waals surface area contributed by atoms with Gasteiger partial charge in [-0.1, -0.05) is 36.9 Å². The highest BCUT2D eigenvalue weighted by Gasteiger charge is 2.53. The molecule has 2 atom stereocenters. The number of amides is 1. The zero-order chi connectivity index (χ0) is 21.4. The van der Waals surface area contributed by atoms with Crippen molar-refractivity contribution >= 4 is 5.91 Å². The van der Waals surface area contributed by atoms with Crippen molar-refractivity contribution in [2.75, 3.05) is 6.61 Å². The van der Waals surface area contributed by atoms with Crippen molar-refractivity contribution in [1.29, 1.82) is 0 Å². The molecule has 1 amide bonds. The predicted molar refractivity (Wildman–Crippen MR) is 108 cm³/mol. The number of allylic oxidation sites excluding steroid dienone is 3. The molecule has 5 nitrogen and oxygen atoms in total. The smallest absolute Gasteiger partial charge is 0.395 e. The van der Waals surface area contributed by atoms with Gasteiger partial charge in [-0.05, 0) is 55.9 Å². The summed E-state index contributed by atoms with van der Waals surface area (Å²) in [6.07, 6.45) is 6.53. The van der Waals surface area contributed by atoms with E-state index in [1.54, 1.807) is 12.1 Å². The lowest BCUT2D eigenvalue weighted by Gasteiger charge is -2.32. The fourth-order valence-corrected chi connectivity index (χ4v) is 4.07. The first-order valence-electron chi connectivity index (χ1n) is 10.1. The number of halogens is 2. The minimum atomic E-state index is -3.67. The van der Waals surface area contributed by atoms with Gasteiger partial charge in [0.25, 0.3) is 0 Å². The third-order valence-corrected chi connectivity index (χ3v) is 5.89. The maximum atomic E-state index is 13.3. The third kappa shape index (κ3) is 3.99. The zero-order valence-corrected chi connectivity index (χ0v) is 16.8. The minimum Gasteiger partial charge on any atom is -0.395 e. The Kier molecular flexibility index (Phi) is 5.40. The number of fused-ring (bicyclic) bond motifs is 1. The van der Waals surface area contributed by atoms with E-state index in [1.807, 2.05) is 25.2 Å². The topological polar surface area (TPSA) is 56.8 Å². The van der Waals surface area contributed by atoms with Crippen LogP contribution in [-0.4, -0.2) is 31.0 Å². The first kappa shape index (κ1) is 20.6. The summed E-state index contributed by atoms with van der Waals surface area (Å²) < 4.78 is 41.5. The highest BCUT2D eigenvalue weighted by atomic mass is 19.3. The molecule has 160 valence electrons. The van der Waals surface area contributed by atoms with Gasteiger partial charge in [-0.3, -0.25) is 4.79 Å². The Morgan fingerprint density at radius 3 is 2.73 bits per heavy atom. The number of hydrogen-bond acceptors (Lipinski definition) is 4. The second-order valence-electron chi connectivity index (χ2n) is 7.85. The molecule has 1 saturated heterocycles. The highest BCUT2D eigenvalue weighted by molar-refractivity contribution is 5.91. The zero-order valence-electron chi connectivity index (χ0n) is 16.8. The molecule has 0 bridgehead atoms. The summed E-state index contributed by atoms with van der Waals surface area (Å²) in [5.74, 6) is -0.129.